The van der Waals surface area contributed by atoms with Gasteiger partial charge in [-0.25, -0.2) is 53.3 Å². The minimum Gasteiger partial charge on any atom is -0.497 e. The van der Waals surface area contributed by atoms with Gasteiger partial charge in [0.2, 0.25) is 0 Å². The fraction of sp³-hybridized carbons (Fsp3) is 0.284. The Balaban J connectivity index is 0.000000166. The van der Waals surface area contributed by atoms with Crippen LogP contribution in [0, 0.1) is 5.82 Å². The van der Waals surface area contributed by atoms with Crippen molar-refractivity contribution in [2.24, 2.45) is 0 Å². The Hall–Kier alpha value is -12.2. The summed E-state index contributed by atoms with van der Waals surface area (Å²) in [5, 5.41) is 4.75. The zero-order valence-corrected chi connectivity index (χ0v) is 61.3. The third-order valence-electron chi connectivity index (χ3n) is 17.2. The van der Waals surface area contributed by atoms with Crippen LogP contribution < -0.4 is 14.2 Å². The lowest BCUT2D eigenvalue weighted by Crippen LogP contribution is -2.15. The number of ether oxygens (including phenoxy) is 8. The third kappa shape index (κ3) is 20.1. The fourth-order valence-electron chi connectivity index (χ4n) is 11.5. The topological polar surface area (TPSA) is 248 Å². The Kier molecular flexibility index (Phi) is 28.9. The van der Waals surface area contributed by atoms with Crippen LogP contribution in [0.5, 0.6) is 17.2 Å². The van der Waals surface area contributed by atoms with E-state index in [1.807, 2.05) is 96.6 Å². The third-order valence-corrected chi connectivity index (χ3v) is 17.2. The number of esters is 5. The molecule has 0 amide bonds. The summed E-state index contributed by atoms with van der Waals surface area (Å²) in [6.45, 7) is 20.6. The average molecular weight is 1430 g/mol. The van der Waals surface area contributed by atoms with Crippen molar-refractivity contribution in [2.45, 2.75) is 99.4 Å². The number of carbonyl (C=O) groups is 5. The van der Waals surface area contributed by atoms with Crippen LogP contribution in [0.4, 0.5) is 4.39 Å². The van der Waals surface area contributed by atoms with Crippen molar-refractivity contribution >= 4 is 51.4 Å². The average Bonchev–Trinajstić information content (AvgIpc) is 1.01. The molecule has 0 aliphatic carbocycles. The van der Waals surface area contributed by atoms with Crippen LogP contribution in [0.15, 0.2) is 214 Å². The highest BCUT2D eigenvalue weighted by atomic mass is 19.1. The van der Waals surface area contributed by atoms with Crippen LogP contribution in [-0.4, -0.2) is 132 Å². The molecule has 23 nitrogen and oxygen atoms in total. The van der Waals surface area contributed by atoms with Crippen LogP contribution in [0.25, 0.3) is 21.5 Å². The van der Waals surface area contributed by atoms with Gasteiger partial charge in [0, 0.05) is 6.07 Å². The van der Waals surface area contributed by atoms with Crippen LogP contribution in [0.2, 0.25) is 0 Å². The zero-order valence-electron chi connectivity index (χ0n) is 61.3. The number of rotatable bonds is 23. The predicted octanol–water partition coefficient (Wildman–Crippen LogP) is 15.8. The quantitative estimate of drug-likeness (QED) is 0.0426. The van der Waals surface area contributed by atoms with Crippen LogP contribution >= 0.6 is 0 Å². The van der Waals surface area contributed by atoms with E-state index in [0.29, 0.717) is 73.0 Å². The van der Waals surface area contributed by atoms with Crippen LogP contribution in [-0.2, 0) is 23.7 Å². The number of hydrogen-bond donors (Lipinski definition) is 0. The van der Waals surface area contributed by atoms with E-state index in [0.717, 1.165) is 33.6 Å². The molecule has 12 aromatic rings. The molecule has 5 heterocycles. The summed E-state index contributed by atoms with van der Waals surface area (Å²) in [4.78, 5) is 79.9. The van der Waals surface area contributed by atoms with Gasteiger partial charge in [-0.05, 0) is 161 Å². The summed E-state index contributed by atoms with van der Waals surface area (Å²) in [6.07, 6.45) is 15.8. The van der Waals surface area contributed by atoms with Crippen molar-refractivity contribution in [2.75, 3.05) is 54.4 Å². The number of benzene rings is 7. The second kappa shape index (κ2) is 38.7. The van der Waals surface area contributed by atoms with E-state index in [-0.39, 0.29) is 59.9 Å². The lowest BCUT2D eigenvalue weighted by molar-refractivity contribution is 0.0503. The molecule has 0 saturated heterocycles. The van der Waals surface area contributed by atoms with Gasteiger partial charge in [0.25, 0.3) is 0 Å². The predicted molar refractivity (Wildman–Crippen MR) is 397 cm³/mol. The molecule has 12 rings (SSSR count). The van der Waals surface area contributed by atoms with E-state index in [1.54, 1.807) is 132 Å². The summed E-state index contributed by atoms with van der Waals surface area (Å²) < 4.78 is 62.9. The summed E-state index contributed by atoms with van der Waals surface area (Å²) in [6, 6.07) is 48.3. The summed E-state index contributed by atoms with van der Waals surface area (Å²) in [7, 11) is 4.84. The van der Waals surface area contributed by atoms with Gasteiger partial charge < -0.3 is 60.7 Å². The van der Waals surface area contributed by atoms with Gasteiger partial charge in [0.1, 0.15) is 51.5 Å². The summed E-state index contributed by atoms with van der Waals surface area (Å²) >= 11 is 0. The number of fused-ring (bicyclic) bond motifs is 2. The Morgan fingerprint density at radius 1 is 0.333 bits per heavy atom. The summed E-state index contributed by atoms with van der Waals surface area (Å²) in [5.41, 5.74) is 7.39. The van der Waals surface area contributed by atoms with Crippen molar-refractivity contribution < 1.29 is 66.3 Å². The molecule has 0 aliphatic rings. The molecule has 0 saturated carbocycles. The first kappa shape index (κ1) is 78.5. The molecule has 24 heteroatoms. The number of carbonyl (C=O) groups excluding carboxylic acids is 5. The lowest BCUT2D eigenvalue weighted by Gasteiger charge is -2.18. The molecular formula is C81H89FN10O13. The molecule has 548 valence electrons. The highest BCUT2D eigenvalue weighted by Gasteiger charge is 2.24. The Labute approximate surface area is 610 Å². The minimum absolute atomic E-state index is 0.00603. The van der Waals surface area contributed by atoms with Crippen LogP contribution in [0.1, 0.15) is 180 Å². The first-order valence-electron chi connectivity index (χ1n) is 34.4. The van der Waals surface area contributed by atoms with Gasteiger partial charge in [-0.1, -0.05) is 103 Å². The van der Waals surface area contributed by atoms with Gasteiger partial charge >= 0.3 is 29.8 Å². The van der Waals surface area contributed by atoms with Gasteiger partial charge in [0.15, 0.2) is 0 Å². The normalized spacial score (nSPS) is 12.1. The highest BCUT2D eigenvalue weighted by Crippen LogP contribution is 2.32. The molecule has 0 N–H and O–H groups in total. The van der Waals surface area contributed by atoms with E-state index in [2.05, 4.69) is 93.4 Å². The summed E-state index contributed by atoms with van der Waals surface area (Å²) in [5.74, 6) is 0.0724. The minimum atomic E-state index is -0.408. The molecular weight excluding hydrogens is 1340 g/mol. The first-order chi connectivity index (χ1) is 50.8. The molecule has 0 radical (unpaired) electrons. The van der Waals surface area contributed by atoms with Crippen molar-refractivity contribution in [1.29, 1.82) is 0 Å². The van der Waals surface area contributed by atoms with Gasteiger partial charge in [-0.15, -0.1) is 0 Å². The molecule has 5 aromatic heterocycles. The number of aromatic nitrogens is 10. The van der Waals surface area contributed by atoms with Crippen molar-refractivity contribution in [3.05, 3.63) is 276 Å². The maximum atomic E-state index is 12.9. The van der Waals surface area contributed by atoms with Crippen LogP contribution in [0.3, 0.4) is 0 Å². The number of halogens is 1. The van der Waals surface area contributed by atoms with E-state index in [1.165, 1.54) is 52.3 Å². The smallest absolute Gasteiger partial charge is 0.356 e. The maximum absolute atomic E-state index is 12.9. The second-order valence-corrected chi connectivity index (χ2v) is 23.6. The molecule has 105 heavy (non-hydrogen) atoms. The van der Waals surface area contributed by atoms with E-state index in [9.17, 15) is 28.4 Å². The Bertz CT molecular complexity index is 4760. The largest absolute Gasteiger partial charge is 0.497 e. The van der Waals surface area contributed by atoms with Crippen molar-refractivity contribution in [3.8, 4) is 17.2 Å². The van der Waals surface area contributed by atoms with Gasteiger partial charge in [-0.3, -0.25) is 0 Å². The number of methoxy groups -OCH3 is 3. The SMILES string of the molecule is CCOC(=O)c1cncn1[C@H](C)c1cc(OC)cc(OC)c1.CCOC(=O)c1cncn1[C@H](C)c1ccc(F)cc1.CCOC(=O)c1cncn1[C@H](C)c1ccc(OC)cc1.CCOC(=O)c1cncn1[C@H](C)c1ccc2ccccc2c1.CCOC(=O)c1cncn1[C@H](C)c1cccc2ccccc12. The molecule has 7 aromatic carbocycles. The van der Waals surface area contributed by atoms with Crippen molar-refractivity contribution in [3.63, 3.8) is 0 Å². The van der Waals surface area contributed by atoms with Crippen molar-refractivity contribution in [1.82, 2.24) is 47.8 Å². The number of hydrogen-bond acceptors (Lipinski definition) is 18. The first-order valence-corrected chi connectivity index (χ1v) is 34.4. The maximum Gasteiger partial charge on any atom is 0.356 e. The Morgan fingerprint density at radius 3 is 1.05 bits per heavy atom. The van der Waals surface area contributed by atoms with Gasteiger partial charge in [-0.2, -0.15) is 0 Å². The van der Waals surface area contributed by atoms with E-state index < -0.39 is 5.97 Å². The van der Waals surface area contributed by atoms with E-state index >= 15 is 0 Å². The molecule has 5 atom stereocenters. The lowest BCUT2D eigenvalue weighted by atomic mass is 9.99. The number of nitrogens with zero attached hydrogens (tertiary/aromatic N) is 10. The van der Waals surface area contributed by atoms with Gasteiger partial charge in [0.05, 0.1) is 147 Å². The molecule has 0 aliphatic heterocycles. The fourth-order valence-corrected chi connectivity index (χ4v) is 11.5. The molecule has 0 fully saturated rings. The number of imidazole rings is 5. The highest BCUT2D eigenvalue weighted by molar-refractivity contribution is 5.90. The van der Waals surface area contributed by atoms with E-state index in [4.69, 9.17) is 37.9 Å². The Morgan fingerprint density at radius 2 is 0.657 bits per heavy atom. The molecule has 0 unspecified atom stereocenters. The molecule has 0 bridgehead atoms. The molecule has 0 spiro atoms. The zero-order chi connectivity index (χ0) is 75.5. The standard InChI is InChI=1S/2C18H18N2O2.C16H20N2O4.C15H18N2O3.C14H15FN2O2/c1-3-22-18(21)17-11-19-12-20(17)13(2)15-10-6-8-14-7-4-5-9-16(14)15;1-3-22-18(21)17-11-19-12-20(17)13(2)15-9-8-14-6-4-5-7-16(14)10-15;1-5-22-16(19)15-9-17-10-18(15)11(2)12-6-13(20-3)8-14(7-12)21-4;1-4-20-15(18)14-9-16-10-17(14)11(2)12-5-7-13(19-3)8-6-12;1-3-19-14(18)13-8-16-9-17(13)10(2)11-4-6-12(15)7-5-11/h2*4-13H,3H2,1-2H3;6-11H,5H2,1-4H3;5-11H,4H2,1-3H3;4-10H,3H2,1-2H3/t2*13-;2*11-;10-/m11111/s1. The monoisotopic (exact) mass is 1430 g/mol. The second-order valence-electron chi connectivity index (χ2n) is 23.6.